The minimum absolute atomic E-state index is 0.0885. The van der Waals surface area contributed by atoms with Gasteiger partial charge in [0.15, 0.2) is 0 Å². The maximum absolute atomic E-state index is 12.6. The Balaban J connectivity index is 1.97. The summed E-state index contributed by atoms with van der Waals surface area (Å²) < 4.78 is 0. The Morgan fingerprint density at radius 3 is 2.65 bits per heavy atom. The van der Waals surface area contributed by atoms with E-state index in [-0.39, 0.29) is 18.4 Å². The fourth-order valence-electron chi connectivity index (χ4n) is 2.95. The van der Waals surface area contributed by atoms with Gasteiger partial charge in [-0.3, -0.25) is 9.59 Å². The van der Waals surface area contributed by atoms with Crippen LogP contribution in [0, 0.1) is 16.7 Å². The van der Waals surface area contributed by atoms with Crippen LogP contribution in [-0.4, -0.2) is 30.3 Å². The van der Waals surface area contributed by atoms with Crippen LogP contribution < -0.4 is 5.32 Å². The normalized spacial score (nSPS) is 16.2. The summed E-state index contributed by atoms with van der Waals surface area (Å²) in [5.74, 6) is -0.576. The van der Waals surface area contributed by atoms with Crippen LogP contribution in [0.5, 0.6) is 0 Å². The first-order valence-electron chi connectivity index (χ1n) is 7.69. The molecule has 1 aliphatic carbocycles. The summed E-state index contributed by atoms with van der Waals surface area (Å²) in [5, 5.41) is 12.7. The molecule has 2 rings (SSSR count). The standard InChI is InChI=1S/C17H20ClN3O2/c1-21(16(23)17(12-19)8-3-2-4-9-17)11-15(22)20-14-7-5-6-13(18)10-14/h5-7,10H,2-4,8-9,11H2,1H3,(H,20,22). The minimum Gasteiger partial charge on any atom is -0.335 e. The monoisotopic (exact) mass is 333 g/mol. The number of carbonyl (C=O) groups excluding carboxylic acids is 2. The number of carbonyl (C=O) groups is 2. The van der Waals surface area contributed by atoms with Gasteiger partial charge in [0.05, 0.1) is 12.6 Å². The van der Waals surface area contributed by atoms with Crippen molar-refractivity contribution in [2.45, 2.75) is 32.1 Å². The van der Waals surface area contributed by atoms with Gasteiger partial charge in [0.2, 0.25) is 11.8 Å². The van der Waals surface area contributed by atoms with E-state index in [2.05, 4.69) is 11.4 Å². The van der Waals surface area contributed by atoms with Crippen LogP contribution in [0.15, 0.2) is 24.3 Å². The Hall–Kier alpha value is -2.06. The maximum Gasteiger partial charge on any atom is 0.243 e. The van der Waals surface area contributed by atoms with Crippen molar-refractivity contribution < 1.29 is 9.59 Å². The van der Waals surface area contributed by atoms with Crippen LogP contribution in [-0.2, 0) is 9.59 Å². The average Bonchev–Trinajstić information content (AvgIpc) is 2.54. The van der Waals surface area contributed by atoms with E-state index in [4.69, 9.17) is 11.6 Å². The molecule has 122 valence electrons. The molecule has 1 aromatic rings. The maximum atomic E-state index is 12.6. The summed E-state index contributed by atoms with van der Waals surface area (Å²) in [6.45, 7) is -0.0885. The molecule has 0 saturated heterocycles. The van der Waals surface area contributed by atoms with Gasteiger partial charge in [0.25, 0.3) is 0 Å². The van der Waals surface area contributed by atoms with Gasteiger partial charge in [0.1, 0.15) is 5.41 Å². The van der Waals surface area contributed by atoms with Gasteiger partial charge in [-0.15, -0.1) is 0 Å². The summed E-state index contributed by atoms with van der Waals surface area (Å²) in [4.78, 5) is 26.0. The number of hydrogen-bond acceptors (Lipinski definition) is 3. The number of hydrogen-bond donors (Lipinski definition) is 1. The number of nitrogens with zero attached hydrogens (tertiary/aromatic N) is 2. The molecule has 5 nitrogen and oxygen atoms in total. The van der Waals surface area contributed by atoms with Crippen LogP contribution in [0.1, 0.15) is 32.1 Å². The van der Waals surface area contributed by atoms with Gasteiger partial charge in [0, 0.05) is 17.8 Å². The first kappa shape index (κ1) is 17.3. The van der Waals surface area contributed by atoms with Gasteiger partial charge in [-0.1, -0.05) is 36.9 Å². The minimum atomic E-state index is -0.969. The van der Waals surface area contributed by atoms with E-state index in [1.807, 2.05) is 0 Å². The lowest BCUT2D eigenvalue weighted by molar-refractivity contribution is -0.141. The largest absolute Gasteiger partial charge is 0.335 e. The number of benzene rings is 1. The molecule has 0 aromatic heterocycles. The Kier molecular flexibility index (Phi) is 5.62. The predicted molar refractivity (Wildman–Crippen MR) is 88.8 cm³/mol. The third kappa shape index (κ3) is 4.23. The molecule has 0 spiro atoms. The number of amides is 2. The van der Waals surface area contributed by atoms with Crippen molar-refractivity contribution in [2.24, 2.45) is 5.41 Å². The zero-order chi connectivity index (χ0) is 16.9. The third-order valence-electron chi connectivity index (χ3n) is 4.17. The Labute approximate surface area is 141 Å². The van der Waals surface area contributed by atoms with Gasteiger partial charge >= 0.3 is 0 Å². The smallest absolute Gasteiger partial charge is 0.243 e. The molecule has 1 saturated carbocycles. The van der Waals surface area contributed by atoms with E-state index >= 15 is 0 Å². The number of likely N-dealkylation sites (N-methyl/N-ethyl adjacent to an activating group) is 1. The van der Waals surface area contributed by atoms with Gasteiger partial charge < -0.3 is 10.2 Å². The molecule has 1 fully saturated rings. The molecular weight excluding hydrogens is 314 g/mol. The number of anilines is 1. The highest BCUT2D eigenvalue weighted by molar-refractivity contribution is 6.30. The third-order valence-corrected chi connectivity index (χ3v) is 4.40. The number of rotatable bonds is 4. The van der Waals surface area contributed by atoms with Crippen LogP contribution in [0.3, 0.4) is 0 Å². The van der Waals surface area contributed by atoms with Crippen molar-refractivity contribution >= 4 is 29.1 Å². The molecule has 1 aromatic carbocycles. The van der Waals surface area contributed by atoms with Crippen LogP contribution in [0.4, 0.5) is 5.69 Å². The highest BCUT2D eigenvalue weighted by Gasteiger charge is 2.41. The molecule has 1 N–H and O–H groups in total. The molecule has 6 heteroatoms. The Morgan fingerprint density at radius 1 is 1.35 bits per heavy atom. The zero-order valence-electron chi connectivity index (χ0n) is 13.1. The quantitative estimate of drug-likeness (QED) is 0.919. The van der Waals surface area contributed by atoms with Crippen molar-refractivity contribution in [3.8, 4) is 6.07 Å². The summed E-state index contributed by atoms with van der Waals surface area (Å²) in [5.41, 5.74) is -0.389. The highest BCUT2D eigenvalue weighted by Crippen LogP contribution is 2.37. The van der Waals surface area contributed by atoms with E-state index in [0.29, 0.717) is 23.6 Å². The lowest BCUT2D eigenvalue weighted by Gasteiger charge is -2.32. The second-order valence-electron chi connectivity index (χ2n) is 5.97. The fraction of sp³-hybridized carbons (Fsp3) is 0.471. The highest BCUT2D eigenvalue weighted by atomic mass is 35.5. The number of nitriles is 1. The van der Waals surface area contributed by atoms with Crippen molar-refractivity contribution in [3.05, 3.63) is 29.3 Å². The molecule has 0 radical (unpaired) electrons. The van der Waals surface area contributed by atoms with Gasteiger partial charge in [-0.25, -0.2) is 0 Å². The summed E-state index contributed by atoms with van der Waals surface area (Å²) in [7, 11) is 1.56. The second-order valence-corrected chi connectivity index (χ2v) is 6.41. The molecule has 23 heavy (non-hydrogen) atoms. The lowest BCUT2D eigenvalue weighted by Crippen LogP contribution is -2.45. The van der Waals surface area contributed by atoms with Crippen molar-refractivity contribution in [2.75, 3.05) is 18.9 Å². The predicted octanol–water partition coefficient (Wildman–Crippen LogP) is 3.21. The fourth-order valence-corrected chi connectivity index (χ4v) is 3.14. The van der Waals surface area contributed by atoms with E-state index in [9.17, 15) is 14.9 Å². The Morgan fingerprint density at radius 2 is 2.04 bits per heavy atom. The van der Waals surface area contributed by atoms with Crippen LogP contribution >= 0.6 is 11.6 Å². The molecule has 0 unspecified atom stereocenters. The molecule has 0 bridgehead atoms. The van der Waals surface area contributed by atoms with E-state index in [1.165, 1.54) is 4.90 Å². The molecule has 2 amide bonds. The van der Waals surface area contributed by atoms with E-state index in [1.54, 1.807) is 31.3 Å². The topological polar surface area (TPSA) is 73.2 Å². The van der Waals surface area contributed by atoms with Crippen molar-refractivity contribution in [3.63, 3.8) is 0 Å². The van der Waals surface area contributed by atoms with Gasteiger partial charge in [-0.05, 0) is 31.0 Å². The molecule has 0 aliphatic heterocycles. The lowest BCUT2D eigenvalue weighted by atomic mass is 9.74. The summed E-state index contributed by atoms with van der Waals surface area (Å²) in [6, 6.07) is 9.00. The van der Waals surface area contributed by atoms with Crippen molar-refractivity contribution in [1.82, 2.24) is 4.90 Å². The summed E-state index contributed by atoms with van der Waals surface area (Å²) in [6.07, 6.45) is 3.95. The second kappa shape index (κ2) is 7.47. The van der Waals surface area contributed by atoms with Crippen LogP contribution in [0.25, 0.3) is 0 Å². The molecule has 0 atom stereocenters. The number of halogens is 1. The average molecular weight is 334 g/mol. The van der Waals surface area contributed by atoms with E-state index in [0.717, 1.165) is 19.3 Å². The zero-order valence-corrected chi connectivity index (χ0v) is 13.9. The van der Waals surface area contributed by atoms with E-state index < -0.39 is 5.41 Å². The van der Waals surface area contributed by atoms with Gasteiger partial charge in [-0.2, -0.15) is 5.26 Å². The SMILES string of the molecule is CN(CC(=O)Nc1cccc(Cl)c1)C(=O)C1(C#N)CCCCC1. The first-order valence-corrected chi connectivity index (χ1v) is 8.07. The van der Waals surface area contributed by atoms with Crippen molar-refractivity contribution in [1.29, 1.82) is 5.26 Å². The molecule has 0 heterocycles. The Bertz CT molecular complexity index is 633. The summed E-state index contributed by atoms with van der Waals surface area (Å²) >= 11 is 5.87. The molecular formula is C17H20ClN3O2. The number of nitrogens with one attached hydrogen (secondary N) is 1. The van der Waals surface area contributed by atoms with Crippen LogP contribution in [0.2, 0.25) is 5.02 Å². The first-order chi connectivity index (χ1) is 11.0. The molecule has 1 aliphatic rings.